The van der Waals surface area contributed by atoms with Crippen LogP contribution in [0.5, 0.6) is 5.75 Å². The Morgan fingerprint density at radius 1 is 1.25 bits per heavy atom. The number of rotatable bonds is 7. The van der Waals surface area contributed by atoms with Gasteiger partial charge in [-0.25, -0.2) is 0 Å². The molecule has 0 saturated heterocycles. The van der Waals surface area contributed by atoms with Crippen molar-refractivity contribution in [1.82, 2.24) is 19.6 Å². The summed E-state index contributed by atoms with van der Waals surface area (Å²) < 4.78 is 13.2. The molecule has 0 unspecified atom stereocenters. The summed E-state index contributed by atoms with van der Waals surface area (Å²) in [5.74, 6) is 2.51. The van der Waals surface area contributed by atoms with Gasteiger partial charge >= 0.3 is 0 Å². The van der Waals surface area contributed by atoms with E-state index >= 15 is 0 Å². The van der Waals surface area contributed by atoms with E-state index in [0.29, 0.717) is 24.4 Å². The molecule has 32 heavy (non-hydrogen) atoms. The number of carbonyl (C=O) groups excluding carboxylic acids is 1. The van der Waals surface area contributed by atoms with Gasteiger partial charge in [-0.3, -0.25) is 14.4 Å². The molecule has 0 radical (unpaired) electrons. The van der Waals surface area contributed by atoms with E-state index in [1.54, 1.807) is 12.0 Å². The summed E-state index contributed by atoms with van der Waals surface area (Å²) in [5.41, 5.74) is 5.13. The summed E-state index contributed by atoms with van der Waals surface area (Å²) in [7, 11) is 3.52. The van der Waals surface area contributed by atoms with Crippen LogP contribution in [0.25, 0.3) is 0 Å². The average molecular weight is 437 g/mol. The van der Waals surface area contributed by atoms with Crippen molar-refractivity contribution >= 4 is 5.91 Å². The number of fused-ring (bicyclic) bond motifs is 1. The fourth-order valence-electron chi connectivity index (χ4n) is 4.46. The zero-order valence-electron chi connectivity index (χ0n) is 19.6. The van der Waals surface area contributed by atoms with Gasteiger partial charge in [-0.05, 0) is 38.5 Å². The molecule has 1 aliphatic heterocycles. The number of furan rings is 1. The van der Waals surface area contributed by atoms with Crippen molar-refractivity contribution in [2.24, 2.45) is 0 Å². The second kappa shape index (κ2) is 9.20. The van der Waals surface area contributed by atoms with Crippen molar-refractivity contribution < 1.29 is 13.9 Å². The second-order valence-electron chi connectivity index (χ2n) is 8.48. The van der Waals surface area contributed by atoms with Crippen molar-refractivity contribution in [3.8, 4) is 5.75 Å². The van der Waals surface area contributed by atoms with Gasteiger partial charge in [0.2, 0.25) is 0 Å². The normalized spacial score (nSPS) is 13.8. The lowest BCUT2D eigenvalue weighted by Gasteiger charge is -2.27. The molecule has 0 atom stereocenters. The number of benzene rings is 1. The van der Waals surface area contributed by atoms with Crippen molar-refractivity contribution in [1.29, 1.82) is 0 Å². The van der Waals surface area contributed by atoms with Crippen LogP contribution in [0.4, 0.5) is 0 Å². The Bertz CT molecular complexity index is 1100. The van der Waals surface area contributed by atoms with Crippen LogP contribution in [-0.4, -0.2) is 46.2 Å². The summed E-state index contributed by atoms with van der Waals surface area (Å²) >= 11 is 0. The average Bonchev–Trinajstić information content (AvgIpc) is 3.31. The number of nitrogens with zero attached hydrogens (tertiary/aromatic N) is 4. The third-order valence-electron chi connectivity index (χ3n) is 6.34. The van der Waals surface area contributed by atoms with Gasteiger partial charge in [0.1, 0.15) is 17.3 Å². The standard InChI is InChI=1S/C25H32N4O3/c1-6-29-17(2)20(13-26-29)15-27(4)25(30)24-18(3)32-23-11-12-28(16-22(23)24)14-19-7-9-21(31-5)10-8-19/h7-10,13H,6,11-12,14-16H2,1-5H3. The first kappa shape index (κ1) is 22.1. The second-order valence-corrected chi connectivity index (χ2v) is 8.48. The molecule has 3 aromatic rings. The summed E-state index contributed by atoms with van der Waals surface area (Å²) in [5, 5.41) is 4.40. The molecule has 2 aromatic heterocycles. The lowest BCUT2D eigenvalue weighted by Crippen LogP contribution is -2.32. The molecule has 0 aliphatic carbocycles. The molecule has 0 fully saturated rings. The minimum absolute atomic E-state index is 0.00226. The van der Waals surface area contributed by atoms with Crippen LogP contribution in [0.15, 0.2) is 34.9 Å². The maximum Gasteiger partial charge on any atom is 0.257 e. The molecule has 0 spiro atoms. The van der Waals surface area contributed by atoms with E-state index in [1.165, 1.54) is 5.56 Å². The van der Waals surface area contributed by atoms with Crippen molar-refractivity contribution in [3.05, 3.63) is 69.9 Å². The summed E-state index contributed by atoms with van der Waals surface area (Å²) in [6.45, 7) is 9.80. The molecule has 1 aromatic carbocycles. The van der Waals surface area contributed by atoms with Crippen LogP contribution in [0, 0.1) is 13.8 Å². The van der Waals surface area contributed by atoms with E-state index in [2.05, 4.69) is 29.1 Å². The highest BCUT2D eigenvalue weighted by atomic mass is 16.5. The first-order chi connectivity index (χ1) is 15.4. The molecule has 0 saturated carbocycles. The topological polar surface area (TPSA) is 63.7 Å². The number of aromatic nitrogens is 2. The number of ether oxygens (including phenoxy) is 1. The molecule has 0 N–H and O–H groups in total. The van der Waals surface area contributed by atoms with Gasteiger partial charge < -0.3 is 14.1 Å². The predicted molar refractivity (Wildman–Crippen MR) is 123 cm³/mol. The van der Waals surface area contributed by atoms with E-state index in [1.807, 2.05) is 43.9 Å². The third-order valence-corrected chi connectivity index (χ3v) is 6.34. The number of amides is 1. The van der Waals surface area contributed by atoms with Gasteiger partial charge in [-0.2, -0.15) is 5.10 Å². The number of aryl methyl sites for hydroxylation is 2. The molecule has 3 heterocycles. The van der Waals surface area contributed by atoms with Crippen LogP contribution in [0.3, 0.4) is 0 Å². The molecular formula is C25H32N4O3. The van der Waals surface area contributed by atoms with Crippen LogP contribution in [0.2, 0.25) is 0 Å². The number of hydrogen-bond acceptors (Lipinski definition) is 5. The Balaban J connectivity index is 1.50. The minimum Gasteiger partial charge on any atom is -0.497 e. The fraction of sp³-hybridized carbons (Fsp3) is 0.440. The summed E-state index contributed by atoms with van der Waals surface area (Å²) in [4.78, 5) is 17.6. The number of carbonyl (C=O) groups is 1. The maximum atomic E-state index is 13.4. The Morgan fingerprint density at radius 2 is 2.00 bits per heavy atom. The van der Waals surface area contributed by atoms with Gasteiger partial charge in [0.05, 0.1) is 18.9 Å². The zero-order chi connectivity index (χ0) is 22.8. The fourth-order valence-corrected chi connectivity index (χ4v) is 4.46. The summed E-state index contributed by atoms with van der Waals surface area (Å²) in [6.07, 6.45) is 2.67. The van der Waals surface area contributed by atoms with E-state index < -0.39 is 0 Å². The molecule has 7 nitrogen and oxygen atoms in total. The Hall–Kier alpha value is -3.06. The van der Waals surface area contributed by atoms with Gasteiger partial charge in [-0.15, -0.1) is 0 Å². The SMILES string of the molecule is CCn1ncc(CN(C)C(=O)c2c(C)oc3c2CN(Cc2ccc(OC)cc2)CC3)c1C. The van der Waals surface area contributed by atoms with Gasteiger partial charge in [-0.1, -0.05) is 12.1 Å². The first-order valence-corrected chi connectivity index (χ1v) is 11.1. The number of methoxy groups -OCH3 is 1. The van der Waals surface area contributed by atoms with Gasteiger partial charge in [0.25, 0.3) is 5.91 Å². The molecule has 1 aliphatic rings. The molecule has 4 rings (SSSR count). The quantitative estimate of drug-likeness (QED) is 0.561. The predicted octanol–water partition coefficient (Wildman–Crippen LogP) is 3.95. The molecular weight excluding hydrogens is 404 g/mol. The smallest absolute Gasteiger partial charge is 0.257 e. The molecule has 7 heteroatoms. The molecule has 0 bridgehead atoms. The summed E-state index contributed by atoms with van der Waals surface area (Å²) in [6, 6.07) is 8.15. The lowest BCUT2D eigenvalue weighted by atomic mass is 10.0. The van der Waals surface area contributed by atoms with Gasteiger partial charge in [0, 0.05) is 63.0 Å². The highest BCUT2D eigenvalue weighted by Crippen LogP contribution is 2.30. The Kier molecular flexibility index (Phi) is 6.37. The van der Waals surface area contributed by atoms with Crippen molar-refractivity contribution in [3.63, 3.8) is 0 Å². The highest BCUT2D eigenvalue weighted by molar-refractivity contribution is 5.96. The molecule has 170 valence electrons. The first-order valence-electron chi connectivity index (χ1n) is 11.1. The van der Waals surface area contributed by atoms with Crippen LogP contribution in [0.1, 0.15) is 51.2 Å². The van der Waals surface area contributed by atoms with Crippen LogP contribution < -0.4 is 4.74 Å². The van der Waals surface area contributed by atoms with Crippen molar-refractivity contribution in [2.45, 2.75) is 53.4 Å². The minimum atomic E-state index is 0.00226. The largest absolute Gasteiger partial charge is 0.497 e. The Morgan fingerprint density at radius 3 is 2.66 bits per heavy atom. The third kappa shape index (κ3) is 4.30. The van der Waals surface area contributed by atoms with Crippen LogP contribution >= 0.6 is 0 Å². The monoisotopic (exact) mass is 436 g/mol. The zero-order valence-corrected chi connectivity index (χ0v) is 19.6. The van der Waals surface area contributed by atoms with E-state index in [4.69, 9.17) is 9.15 Å². The maximum absolute atomic E-state index is 13.4. The van der Waals surface area contributed by atoms with Gasteiger partial charge in [0.15, 0.2) is 0 Å². The van der Waals surface area contributed by atoms with Crippen molar-refractivity contribution in [2.75, 3.05) is 20.7 Å². The van der Waals surface area contributed by atoms with E-state index in [-0.39, 0.29) is 5.91 Å². The van der Waals surface area contributed by atoms with E-state index in [9.17, 15) is 4.79 Å². The van der Waals surface area contributed by atoms with Crippen LogP contribution in [-0.2, 0) is 32.6 Å². The lowest BCUT2D eigenvalue weighted by molar-refractivity contribution is 0.0781. The molecule has 1 amide bonds. The Labute approximate surface area is 189 Å². The number of hydrogen-bond donors (Lipinski definition) is 0. The highest BCUT2D eigenvalue weighted by Gasteiger charge is 2.30. The van der Waals surface area contributed by atoms with E-state index in [0.717, 1.165) is 54.4 Å².